The number of methoxy groups -OCH3 is 1. The van der Waals surface area contributed by atoms with E-state index in [-0.39, 0.29) is 0 Å². The largest absolute Gasteiger partial charge is 0.497 e. The number of tetrazole rings is 1. The summed E-state index contributed by atoms with van der Waals surface area (Å²) in [4.78, 5) is 4.33. The van der Waals surface area contributed by atoms with Crippen molar-refractivity contribution in [1.29, 1.82) is 0 Å². The van der Waals surface area contributed by atoms with Crippen molar-refractivity contribution in [3.63, 3.8) is 0 Å². The molecule has 0 saturated heterocycles. The minimum atomic E-state index is 0.521. The van der Waals surface area contributed by atoms with E-state index in [0.29, 0.717) is 16.8 Å². The van der Waals surface area contributed by atoms with Gasteiger partial charge in [0.25, 0.3) is 0 Å². The molecule has 0 bridgehead atoms. The van der Waals surface area contributed by atoms with Gasteiger partial charge in [0.15, 0.2) is 5.82 Å². The molecule has 0 unspecified atom stereocenters. The zero-order valence-electron chi connectivity index (χ0n) is 12.8. The predicted octanol–water partition coefficient (Wildman–Crippen LogP) is 2.30. The molecule has 0 amide bonds. The standard InChI is InChI=1S/C14H16N6O2S/c1-3-4-12-15-13(22-17-12)9-23-14-16-18-19-20(14)10-5-7-11(21-2)8-6-10/h5-8H,3-4,9H2,1-2H3. The predicted molar refractivity (Wildman–Crippen MR) is 83.6 cm³/mol. The summed E-state index contributed by atoms with van der Waals surface area (Å²) in [6.45, 7) is 2.08. The second-order valence-corrected chi connectivity index (χ2v) is 5.66. The molecule has 0 aliphatic carbocycles. The van der Waals surface area contributed by atoms with E-state index in [1.807, 2.05) is 24.3 Å². The molecule has 0 atom stereocenters. The van der Waals surface area contributed by atoms with E-state index in [0.717, 1.165) is 30.1 Å². The average molecular weight is 332 g/mol. The van der Waals surface area contributed by atoms with Crippen LogP contribution in [-0.2, 0) is 12.2 Å². The highest BCUT2D eigenvalue weighted by atomic mass is 32.2. The summed E-state index contributed by atoms with van der Waals surface area (Å²) >= 11 is 1.44. The summed E-state index contributed by atoms with van der Waals surface area (Å²) in [6, 6.07) is 7.51. The first kappa shape index (κ1) is 15.5. The summed E-state index contributed by atoms with van der Waals surface area (Å²) in [5, 5.41) is 16.4. The molecule has 0 saturated carbocycles. The van der Waals surface area contributed by atoms with E-state index in [1.165, 1.54) is 11.8 Å². The molecular formula is C14H16N6O2S. The molecule has 120 valence electrons. The second-order valence-electron chi connectivity index (χ2n) is 4.71. The van der Waals surface area contributed by atoms with Gasteiger partial charge in [0.05, 0.1) is 18.6 Å². The Balaban J connectivity index is 1.70. The molecular weight excluding hydrogens is 316 g/mol. The highest BCUT2D eigenvalue weighted by Gasteiger charge is 2.12. The van der Waals surface area contributed by atoms with Gasteiger partial charge >= 0.3 is 0 Å². The van der Waals surface area contributed by atoms with Crippen LogP contribution in [0.3, 0.4) is 0 Å². The van der Waals surface area contributed by atoms with E-state index in [9.17, 15) is 0 Å². The third-order valence-corrected chi connectivity index (χ3v) is 3.97. The number of nitrogens with zero attached hydrogens (tertiary/aromatic N) is 6. The monoisotopic (exact) mass is 332 g/mol. The fourth-order valence-electron chi connectivity index (χ4n) is 1.95. The zero-order chi connectivity index (χ0) is 16.1. The Bertz CT molecular complexity index is 755. The van der Waals surface area contributed by atoms with E-state index < -0.39 is 0 Å². The van der Waals surface area contributed by atoms with Crippen LogP contribution in [0.15, 0.2) is 33.9 Å². The third-order valence-electron chi connectivity index (χ3n) is 3.07. The highest BCUT2D eigenvalue weighted by Crippen LogP contribution is 2.23. The normalized spacial score (nSPS) is 10.9. The lowest BCUT2D eigenvalue weighted by molar-refractivity contribution is 0.384. The summed E-state index contributed by atoms with van der Waals surface area (Å²) in [5.74, 6) is 2.61. The molecule has 0 spiro atoms. The summed E-state index contributed by atoms with van der Waals surface area (Å²) in [5.41, 5.74) is 0.857. The fraction of sp³-hybridized carbons (Fsp3) is 0.357. The van der Waals surface area contributed by atoms with Crippen molar-refractivity contribution < 1.29 is 9.26 Å². The van der Waals surface area contributed by atoms with Gasteiger partial charge in [0, 0.05) is 6.42 Å². The summed E-state index contributed by atoms with van der Waals surface area (Å²) in [7, 11) is 1.63. The Morgan fingerprint density at radius 3 is 2.83 bits per heavy atom. The summed E-state index contributed by atoms with van der Waals surface area (Å²) in [6.07, 6.45) is 1.81. The molecule has 0 N–H and O–H groups in total. The van der Waals surface area contributed by atoms with Gasteiger partial charge in [0.2, 0.25) is 11.0 Å². The Morgan fingerprint density at radius 1 is 1.26 bits per heavy atom. The van der Waals surface area contributed by atoms with Crippen molar-refractivity contribution >= 4 is 11.8 Å². The number of hydrogen-bond donors (Lipinski definition) is 0. The van der Waals surface area contributed by atoms with Gasteiger partial charge in [-0.15, -0.1) is 5.10 Å². The van der Waals surface area contributed by atoms with Gasteiger partial charge in [-0.2, -0.15) is 9.67 Å². The quantitative estimate of drug-likeness (QED) is 0.609. The van der Waals surface area contributed by atoms with Crippen molar-refractivity contribution in [3.05, 3.63) is 36.0 Å². The lowest BCUT2D eigenvalue weighted by Crippen LogP contribution is -1.99. The van der Waals surface area contributed by atoms with E-state index in [4.69, 9.17) is 9.26 Å². The fourth-order valence-corrected chi connectivity index (χ4v) is 2.68. The SMILES string of the molecule is CCCc1noc(CSc2nnnn2-c2ccc(OC)cc2)n1. The number of benzene rings is 1. The lowest BCUT2D eigenvalue weighted by Gasteiger charge is -2.04. The van der Waals surface area contributed by atoms with Crippen molar-refractivity contribution in [3.8, 4) is 11.4 Å². The van der Waals surface area contributed by atoms with E-state index in [1.54, 1.807) is 11.8 Å². The van der Waals surface area contributed by atoms with E-state index >= 15 is 0 Å². The second kappa shape index (κ2) is 7.23. The van der Waals surface area contributed by atoms with Gasteiger partial charge in [-0.05, 0) is 41.1 Å². The number of aromatic nitrogens is 6. The first-order valence-corrected chi connectivity index (χ1v) is 8.15. The van der Waals surface area contributed by atoms with Crippen LogP contribution in [-0.4, -0.2) is 37.5 Å². The average Bonchev–Trinajstić information content (AvgIpc) is 3.22. The van der Waals surface area contributed by atoms with Gasteiger partial charge < -0.3 is 9.26 Å². The van der Waals surface area contributed by atoms with Crippen LogP contribution in [0, 0.1) is 0 Å². The van der Waals surface area contributed by atoms with Crippen LogP contribution in [0.1, 0.15) is 25.1 Å². The number of rotatable bonds is 7. The molecule has 0 fully saturated rings. The van der Waals surface area contributed by atoms with Crippen molar-refractivity contribution in [2.45, 2.75) is 30.7 Å². The number of hydrogen-bond acceptors (Lipinski definition) is 8. The van der Waals surface area contributed by atoms with Crippen molar-refractivity contribution in [2.24, 2.45) is 0 Å². The van der Waals surface area contributed by atoms with E-state index in [2.05, 4.69) is 32.6 Å². The maximum absolute atomic E-state index is 5.22. The molecule has 23 heavy (non-hydrogen) atoms. The first-order chi connectivity index (χ1) is 11.3. The van der Waals surface area contributed by atoms with Crippen LogP contribution in [0.5, 0.6) is 5.75 Å². The smallest absolute Gasteiger partial charge is 0.237 e. The minimum absolute atomic E-state index is 0.521. The zero-order valence-corrected chi connectivity index (χ0v) is 13.7. The topological polar surface area (TPSA) is 91.8 Å². The van der Waals surface area contributed by atoms with Crippen LogP contribution in [0.4, 0.5) is 0 Å². The Labute approximate surface area is 137 Å². The van der Waals surface area contributed by atoms with Crippen LogP contribution < -0.4 is 4.74 Å². The van der Waals surface area contributed by atoms with Crippen molar-refractivity contribution in [1.82, 2.24) is 30.3 Å². The molecule has 0 aliphatic rings. The van der Waals surface area contributed by atoms with Crippen molar-refractivity contribution in [2.75, 3.05) is 7.11 Å². The molecule has 2 heterocycles. The first-order valence-electron chi connectivity index (χ1n) is 7.17. The molecule has 0 aliphatic heterocycles. The third kappa shape index (κ3) is 3.67. The van der Waals surface area contributed by atoms with Gasteiger partial charge in [-0.3, -0.25) is 0 Å². The van der Waals surface area contributed by atoms with Crippen LogP contribution >= 0.6 is 11.8 Å². The lowest BCUT2D eigenvalue weighted by atomic mass is 10.3. The van der Waals surface area contributed by atoms with Gasteiger partial charge in [0.1, 0.15) is 5.75 Å². The summed E-state index contributed by atoms with van der Waals surface area (Å²) < 4.78 is 12.0. The van der Waals surface area contributed by atoms with Gasteiger partial charge in [-0.1, -0.05) is 23.8 Å². The number of aryl methyl sites for hydroxylation is 1. The molecule has 3 rings (SSSR count). The maximum atomic E-state index is 5.22. The molecule has 8 nitrogen and oxygen atoms in total. The molecule has 2 aromatic heterocycles. The maximum Gasteiger partial charge on any atom is 0.237 e. The molecule has 9 heteroatoms. The van der Waals surface area contributed by atoms with Crippen LogP contribution in [0.25, 0.3) is 5.69 Å². The Hall–Kier alpha value is -2.42. The van der Waals surface area contributed by atoms with Gasteiger partial charge in [-0.25, -0.2) is 0 Å². The highest BCUT2D eigenvalue weighted by molar-refractivity contribution is 7.98. The molecule has 3 aromatic rings. The van der Waals surface area contributed by atoms with Crippen LogP contribution in [0.2, 0.25) is 0 Å². The Morgan fingerprint density at radius 2 is 2.09 bits per heavy atom. The number of ether oxygens (including phenoxy) is 1. The minimum Gasteiger partial charge on any atom is -0.497 e. The number of thioether (sulfide) groups is 1. The Kier molecular flexibility index (Phi) is 4.86. The molecule has 0 radical (unpaired) electrons. The molecule has 1 aromatic carbocycles.